The second kappa shape index (κ2) is 5.92. The van der Waals surface area contributed by atoms with Gasteiger partial charge in [0.2, 0.25) is 0 Å². The Kier molecular flexibility index (Phi) is 3.83. The van der Waals surface area contributed by atoms with Gasteiger partial charge in [-0.3, -0.25) is 0 Å². The van der Waals surface area contributed by atoms with Crippen LogP contribution in [0.3, 0.4) is 0 Å². The molecular weight excluding hydrogens is 288 g/mol. The van der Waals surface area contributed by atoms with E-state index in [-0.39, 0.29) is 5.69 Å². The summed E-state index contributed by atoms with van der Waals surface area (Å²) in [4.78, 5) is 12.1. The number of hydrogen-bond donors (Lipinski definition) is 0. The summed E-state index contributed by atoms with van der Waals surface area (Å²) in [7, 11) is 0. The predicted molar refractivity (Wildman–Crippen MR) is 80.2 cm³/mol. The molecule has 0 saturated heterocycles. The largest absolute Gasteiger partial charge is 0.492 e. The second-order valence-electron chi connectivity index (χ2n) is 4.51. The standard InChI is InChI=1S/C14H14N4O2S/c1-11-4-2-5-12(10-11)20-8-7-17-14(19)18(16-15-17)13-6-3-9-21-13/h2-6,9-10H,7-8H2,1H3. The lowest BCUT2D eigenvalue weighted by molar-refractivity contribution is 0.287. The van der Waals surface area contributed by atoms with Crippen LogP contribution in [0, 0.1) is 6.92 Å². The first-order chi connectivity index (χ1) is 10.2. The highest BCUT2D eigenvalue weighted by atomic mass is 32.1. The molecule has 2 aromatic heterocycles. The third-order valence-electron chi connectivity index (χ3n) is 2.92. The lowest BCUT2D eigenvalue weighted by atomic mass is 10.2. The summed E-state index contributed by atoms with van der Waals surface area (Å²) in [5.41, 5.74) is 0.874. The highest BCUT2D eigenvalue weighted by Gasteiger charge is 2.09. The van der Waals surface area contributed by atoms with E-state index in [4.69, 9.17) is 4.74 Å². The number of benzene rings is 1. The van der Waals surface area contributed by atoms with Crippen molar-refractivity contribution in [2.24, 2.45) is 0 Å². The summed E-state index contributed by atoms with van der Waals surface area (Å²) in [6, 6.07) is 11.5. The summed E-state index contributed by atoms with van der Waals surface area (Å²) in [6.45, 7) is 2.73. The van der Waals surface area contributed by atoms with Crippen molar-refractivity contribution in [3.05, 3.63) is 57.8 Å². The summed E-state index contributed by atoms with van der Waals surface area (Å²) in [5.74, 6) is 0.786. The molecule has 3 rings (SSSR count). The van der Waals surface area contributed by atoms with Gasteiger partial charge < -0.3 is 4.74 Å². The molecule has 0 N–H and O–H groups in total. The number of thiophene rings is 1. The number of tetrazole rings is 1. The van der Waals surface area contributed by atoms with Crippen LogP contribution in [0.5, 0.6) is 5.75 Å². The van der Waals surface area contributed by atoms with E-state index in [0.29, 0.717) is 13.2 Å². The van der Waals surface area contributed by atoms with E-state index in [2.05, 4.69) is 10.4 Å². The fraction of sp³-hybridized carbons (Fsp3) is 0.214. The fourth-order valence-corrected chi connectivity index (χ4v) is 2.57. The number of aryl methyl sites for hydroxylation is 1. The Hall–Kier alpha value is -2.41. The molecule has 3 aromatic rings. The highest BCUT2D eigenvalue weighted by Crippen LogP contribution is 2.12. The van der Waals surface area contributed by atoms with Crippen molar-refractivity contribution in [1.82, 2.24) is 19.8 Å². The van der Waals surface area contributed by atoms with E-state index in [9.17, 15) is 4.79 Å². The van der Waals surface area contributed by atoms with Gasteiger partial charge in [0, 0.05) is 0 Å². The van der Waals surface area contributed by atoms with Crippen molar-refractivity contribution in [2.75, 3.05) is 6.61 Å². The van der Waals surface area contributed by atoms with Crippen molar-refractivity contribution >= 4 is 11.3 Å². The van der Waals surface area contributed by atoms with Crippen LogP contribution in [-0.2, 0) is 6.54 Å². The minimum absolute atomic E-state index is 0.259. The number of nitrogens with zero attached hydrogens (tertiary/aromatic N) is 4. The Morgan fingerprint density at radius 1 is 1.24 bits per heavy atom. The van der Waals surface area contributed by atoms with Gasteiger partial charge in [0.05, 0.1) is 6.54 Å². The minimum Gasteiger partial charge on any atom is -0.492 e. The van der Waals surface area contributed by atoms with Crippen LogP contribution in [0.1, 0.15) is 5.56 Å². The summed E-state index contributed by atoms with van der Waals surface area (Å²) in [6.07, 6.45) is 0. The molecule has 0 bridgehead atoms. The van der Waals surface area contributed by atoms with Crippen LogP contribution in [0.25, 0.3) is 5.00 Å². The monoisotopic (exact) mass is 302 g/mol. The van der Waals surface area contributed by atoms with Gasteiger partial charge in [0.25, 0.3) is 0 Å². The van der Waals surface area contributed by atoms with Crippen molar-refractivity contribution in [3.8, 4) is 10.8 Å². The lowest BCUT2D eigenvalue weighted by Crippen LogP contribution is -2.26. The molecule has 2 heterocycles. The van der Waals surface area contributed by atoms with Gasteiger partial charge in [-0.2, -0.15) is 9.36 Å². The Morgan fingerprint density at radius 3 is 2.90 bits per heavy atom. The SMILES string of the molecule is Cc1cccc(OCCn2nnn(-c3cccs3)c2=O)c1. The first kappa shape index (κ1) is 13.6. The van der Waals surface area contributed by atoms with Gasteiger partial charge in [-0.15, -0.1) is 11.3 Å². The van der Waals surface area contributed by atoms with Gasteiger partial charge in [0.15, 0.2) is 0 Å². The van der Waals surface area contributed by atoms with Gasteiger partial charge in [-0.1, -0.05) is 12.1 Å². The minimum atomic E-state index is -0.259. The van der Waals surface area contributed by atoms with Gasteiger partial charge in [-0.05, 0) is 52.6 Å². The molecule has 1 aromatic carbocycles. The zero-order chi connectivity index (χ0) is 14.7. The van der Waals surface area contributed by atoms with E-state index in [1.807, 2.05) is 48.7 Å². The number of hydrogen-bond acceptors (Lipinski definition) is 5. The molecule has 0 atom stereocenters. The maximum Gasteiger partial charge on any atom is 0.369 e. The van der Waals surface area contributed by atoms with E-state index < -0.39 is 0 Å². The van der Waals surface area contributed by atoms with Crippen LogP contribution in [0.15, 0.2) is 46.6 Å². The van der Waals surface area contributed by atoms with Crippen molar-refractivity contribution in [3.63, 3.8) is 0 Å². The van der Waals surface area contributed by atoms with E-state index in [0.717, 1.165) is 16.3 Å². The number of aromatic nitrogens is 4. The molecule has 0 aliphatic heterocycles. The lowest BCUT2D eigenvalue weighted by Gasteiger charge is -2.05. The molecule has 6 nitrogen and oxygen atoms in total. The average molecular weight is 302 g/mol. The Balaban J connectivity index is 1.65. The first-order valence-electron chi connectivity index (χ1n) is 6.50. The van der Waals surface area contributed by atoms with Gasteiger partial charge >= 0.3 is 5.69 Å². The topological polar surface area (TPSA) is 61.9 Å². The quantitative estimate of drug-likeness (QED) is 0.722. The van der Waals surface area contributed by atoms with Crippen LogP contribution in [0.4, 0.5) is 0 Å². The van der Waals surface area contributed by atoms with Gasteiger partial charge in [-0.25, -0.2) is 4.79 Å². The molecule has 0 unspecified atom stereocenters. The molecule has 0 aliphatic rings. The molecule has 0 radical (unpaired) electrons. The molecule has 0 saturated carbocycles. The Bertz CT molecular complexity index is 776. The normalized spacial score (nSPS) is 10.7. The molecule has 7 heteroatoms. The zero-order valence-corrected chi connectivity index (χ0v) is 12.3. The van der Waals surface area contributed by atoms with Crippen LogP contribution >= 0.6 is 11.3 Å². The highest BCUT2D eigenvalue weighted by molar-refractivity contribution is 7.12. The maximum atomic E-state index is 12.1. The number of rotatable bonds is 5. The van der Waals surface area contributed by atoms with Crippen molar-refractivity contribution in [2.45, 2.75) is 13.5 Å². The third-order valence-corrected chi connectivity index (χ3v) is 3.76. The Morgan fingerprint density at radius 2 is 2.14 bits per heavy atom. The van der Waals surface area contributed by atoms with E-state index >= 15 is 0 Å². The summed E-state index contributed by atoms with van der Waals surface area (Å²) in [5, 5.41) is 10.4. The molecule has 0 fully saturated rings. The Labute approximate surface area is 125 Å². The molecular formula is C14H14N4O2S. The molecule has 0 amide bonds. The molecule has 0 spiro atoms. The predicted octanol–water partition coefficient (Wildman–Crippen LogP) is 1.88. The van der Waals surface area contributed by atoms with Crippen molar-refractivity contribution in [1.29, 1.82) is 0 Å². The summed E-state index contributed by atoms with van der Waals surface area (Å²) < 4.78 is 8.20. The molecule has 0 aliphatic carbocycles. The smallest absolute Gasteiger partial charge is 0.369 e. The number of ether oxygens (including phenoxy) is 1. The zero-order valence-electron chi connectivity index (χ0n) is 11.5. The fourth-order valence-electron chi connectivity index (χ4n) is 1.90. The van der Waals surface area contributed by atoms with Crippen molar-refractivity contribution < 1.29 is 4.74 Å². The van der Waals surface area contributed by atoms with Crippen LogP contribution in [-0.4, -0.2) is 26.4 Å². The average Bonchev–Trinajstić information content (AvgIpc) is 3.10. The molecule has 21 heavy (non-hydrogen) atoms. The maximum absolute atomic E-state index is 12.1. The molecule has 108 valence electrons. The van der Waals surface area contributed by atoms with E-state index in [1.165, 1.54) is 20.7 Å². The first-order valence-corrected chi connectivity index (χ1v) is 7.38. The van der Waals surface area contributed by atoms with Crippen LogP contribution in [0.2, 0.25) is 0 Å². The summed E-state index contributed by atoms with van der Waals surface area (Å²) >= 11 is 1.44. The second-order valence-corrected chi connectivity index (χ2v) is 5.44. The van der Waals surface area contributed by atoms with Crippen LogP contribution < -0.4 is 10.4 Å². The third kappa shape index (κ3) is 3.03. The van der Waals surface area contributed by atoms with Gasteiger partial charge in [0.1, 0.15) is 17.4 Å². The van der Waals surface area contributed by atoms with E-state index in [1.54, 1.807) is 0 Å².